The van der Waals surface area contributed by atoms with Gasteiger partial charge in [-0.05, 0) is 32.7 Å². The number of ether oxygens (including phenoxy) is 1. The molecule has 2 aliphatic rings. The molecule has 0 aromatic carbocycles. The molecule has 3 unspecified atom stereocenters. The number of urea groups is 1. The standard InChI is InChI=1S/C12H23N3O2/c1-9(8-17-2)13-12(16)14-10-5-7-15-6-3-4-11(10)15/h9-11H,3-8H2,1-2H3,(H2,13,14,16). The van der Waals surface area contributed by atoms with E-state index in [1.54, 1.807) is 7.11 Å². The number of methoxy groups -OCH3 is 1. The Bertz CT molecular complexity index is 272. The number of amides is 2. The molecule has 3 atom stereocenters. The number of fused-ring (bicyclic) bond motifs is 1. The van der Waals surface area contributed by atoms with Gasteiger partial charge in [0.05, 0.1) is 12.6 Å². The van der Waals surface area contributed by atoms with Crippen LogP contribution >= 0.6 is 0 Å². The maximum atomic E-state index is 11.8. The van der Waals surface area contributed by atoms with Crippen molar-refractivity contribution in [3.8, 4) is 0 Å². The van der Waals surface area contributed by atoms with Crippen LogP contribution in [0.25, 0.3) is 0 Å². The van der Waals surface area contributed by atoms with E-state index in [9.17, 15) is 4.79 Å². The van der Waals surface area contributed by atoms with E-state index in [0.29, 0.717) is 18.7 Å². The molecule has 0 aromatic rings. The normalized spacial score (nSPS) is 30.0. The van der Waals surface area contributed by atoms with Crippen molar-refractivity contribution >= 4 is 6.03 Å². The molecule has 98 valence electrons. The molecule has 2 amide bonds. The van der Waals surface area contributed by atoms with Crippen LogP contribution in [0, 0.1) is 0 Å². The Hall–Kier alpha value is -0.810. The average Bonchev–Trinajstić information content (AvgIpc) is 2.83. The van der Waals surface area contributed by atoms with E-state index in [4.69, 9.17) is 4.74 Å². The fourth-order valence-electron chi connectivity index (χ4n) is 2.98. The second-order valence-corrected chi connectivity index (χ2v) is 5.11. The van der Waals surface area contributed by atoms with Crippen molar-refractivity contribution < 1.29 is 9.53 Å². The minimum absolute atomic E-state index is 0.0566. The number of nitrogens with zero attached hydrogens (tertiary/aromatic N) is 1. The van der Waals surface area contributed by atoms with E-state index in [1.807, 2.05) is 6.92 Å². The Morgan fingerprint density at radius 3 is 3.06 bits per heavy atom. The van der Waals surface area contributed by atoms with Gasteiger partial charge in [0.15, 0.2) is 0 Å². The largest absolute Gasteiger partial charge is 0.383 e. The van der Waals surface area contributed by atoms with E-state index in [-0.39, 0.29) is 12.1 Å². The lowest BCUT2D eigenvalue weighted by molar-refractivity contribution is 0.169. The summed E-state index contributed by atoms with van der Waals surface area (Å²) in [4.78, 5) is 14.3. The molecule has 2 aliphatic heterocycles. The molecule has 0 radical (unpaired) electrons. The van der Waals surface area contributed by atoms with Crippen LogP contribution in [0.4, 0.5) is 4.79 Å². The first-order chi connectivity index (χ1) is 8.20. The first-order valence-electron chi connectivity index (χ1n) is 6.50. The Kier molecular flexibility index (Phi) is 4.23. The fraction of sp³-hybridized carbons (Fsp3) is 0.917. The van der Waals surface area contributed by atoms with Crippen molar-refractivity contribution in [2.75, 3.05) is 26.8 Å². The van der Waals surface area contributed by atoms with Gasteiger partial charge < -0.3 is 15.4 Å². The highest BCUT2D eigenvalue weighted by Crippen LogP contribution is 2.27. The van der Waals surface area contributed by atoms with Gasteiger partial charge in [0.1, 0.15) is 0 Å². The van der Waals surface area contributed by atoms with Crippen molar-refractivity contribution in [2.45, 2.75) is 44.3 Å². The van der Waals surface area contributed by atoms with Crippen LogP contribution in [0.5, 0.6) is 0 Å². The van der Waals surface area contributed by atoms with Gasteiger partial charge in [0.25, 0.3) is 0 Å². The molecule has 2 saturated heterocycles. The van der Waals surface area contributed by atoms with Gasteiger partial charge in [0.2, 0.25) is 0 Å². The van der Waals surface area contributed by atoms with Crippen LogP contribution in [0.3, 0.4) is 0 Å². The highest BCUT2D eigenvalue weighted by molar-refractivity contribution is 5.74. The van der Waals surface area contributed by atoms with Gasteiger partial charge in [-0.1, -0.05) is 0 Å². The third-order valence-corrected chi connectivity index (χ3v) is 3.72. The van der Waals surface area contributed by atoms with Crippen LogP contribution in [-0.2, 0) is 4.74 Å². The van der Waals surface area contributed by atoms with Crippen molar-refractivity contribution in [2.24, 2.45) is 0 Å². The Labute approximate surface area is 103 Å². The smallest absolute Gasteiger partial charge is 0.315 e. The zero-order chi connectivity index (χ0) is 12.3. The van der Waals surface area contributed by atoms with Gasteiger partial charge in [-0.3, -0.25) is 4.90 Å². The average molecular weight is 241 g/mol. The maximum Gasteiger partial charge on any atom is 0.315 e. The third kappa shape index (κ3) is 3.10. The highest BCUT2D eigenvalue weighted by Gasteiger charge is 2.37. The molecule has 2 fully saturated rings. The van der Waals surface area contributed by atoms with E-state index in [1.165, 1.54) is 19.4 Å². The molecular weight excluding hydrogens is 218 g/mol. The minimum Gasteiger partial charge on any atom is -0.383 e. The number of rotatable bonds is 4. The first-order valence-corrected chi connectivity index (χ1v) is 6.50. The number of carbonyl (C=O) groups is 1. The Morgan fingerprint density at radius 2 is 2.29 bits per heavy atom. The van der Waals surface area contributed by atoms with Crippen molar-refractivity contribution in [3.63, 3.8) is 0 Å². The second kappa shape index (κ2) is 5.69. The van der Waals surface area contributed by atoms with E-state index >= 15 is 0 Å². The van der Waals surface area contributed by atoms with Crippen LogP contribution < -0.4 is 10.6 Å². The molecule has 17 heavy (non-hydrogen) atoms. The molecule has 5 heteroatoms. The zero-order valence-electron chi connectivity index (χ0n) is 10.7. The summed E-state index contributed by atoms with van der Waals surface area (Å²) in [6, 6.07) is 0.889. The van der Waals surface area contributed by atoms with Gasteiger partial charge >= 0.3 is 6.03 Å². The number of carbonyl (C=O) groups excluding carboxylic acids is 1. The van der Waals surface area contributed by atoms with Gasteiger partial charge in [-0.25, -0.2) is 4.79 Å². The molecule has 2 rings (SSSR count). The molecule has 0 aliphatic carbocycles. The summed E-state index contributed by atoms with van der Waals surface area (Å²) >= 11 is 0. The van der Waals surface area contributed by atoms with E-state index in [0.717, 1.165) is 13.0 Å². The Morgan fingerprint density at radius 1 is 1.47 bits per heavy atom. The summed E-state index contributed by atoms with van der Waals surface area (Å²) < 4.78 is 4.99. The van der Waals surface area contributed by atoms with Gasteiger partial charge in [-0.2, -0.15) is 0 Å². The van der Waals surface area contributed by atoms with Crippen molar-refractivity contribution in [3.05, 3.63) is 0 Å². The predicted molar refractivity (Wildman–Crippen MR) is 66.0 cm³/mol. The van der Waals surface area contributed by atoms with E-state index in [2.05, 4.69) is 15.5 Å². The monoisotopic (exact) mass is 241 g/mol. The summed E-state index contributed by atoms with van der Waals surface area (Å²) in [6.07, 6.45) is 3.57. The van der Waals surface area contributed by atoms with E-state index < -0.39 is 0 Å². The fourth-order valence-corrected chi connectivity index (χ4v) is 2.98. The van der Waals surface area contributed by atoms with Gasteiger partial charge in [-0.15, -0.1) is 0 Å². The molecule has 2 N–H and O–H groups in total. The Balaban J connectivity index is 1.75. The third-order valence-electron chi connectivity index (χ3n) is 3.72. The van der Waals surface area contributed by atoms with Crippen molar-refractivity contribution in [1.29, 1.82) is 0 Å². The van der Waals surface area contributed by atoms with Gasteiger partial charge in [0, 0.05) is 25.7 Å². The molecule has 0 aromatic heterocycles. The maximum absolute atomic E-state index is 11.8. The summed E-state index contributed by atoms with van der Waals surface area (Å²) in [6.45, 7) is 4.82. The minimum atomic E-state index is -0.0618. The lowest BCUT2D eigenvalue weighted by Gasteiger charge is -2.22. The molecule has 0 saturated carbocycles. The summed E-state index contributed by atoms with van der Waals surface area (Å²) in [7, 11) is 1.64. The summed E-state index contributed by atoms with van der Waals surface area (Å²) in [5.74, 6) is 0. The molecule has 0 spiro atoms. The number of hydrogen-bond donors (Lipinski definition) is 2. The lowest BCUT2D eigenvalue weighted by Crippen LogP contribution is -2.49. The van der Waals surface area contributed by atoms with Crippen LogP contribution in [0.2, 0.25) is 0 Å². The van der Waals surface area contributed by atoms with Crippen molar-refractivity contribution in [1.82, 2.24) is 15.5 Å². The summed E-state index contributed by atoms with van der Waals surface area (Å²) in [5.41, 5.74) is 0. The molecule has 2 heterocycles. The number of hydrogen-bond acceptors (Lipinski definition) is 3. The van der Waals surface area contributed by atoms with Crippen LogP contribution in [-0.4, -0.2) is 55.9 Å². The molecule has 0 bridgehead atoms. The zero-order valence-corrected chi connectivity index (χ0v) is 10.7. The second-order valence-electron chi connectivity index (χ2n) is 5.11. The van der Waals surface area contributed by atoms with Crippen LogP contribution in [0.1, 0.15) is 26.2 Å². The SMILES string of the molecule is COCC(C)NC(=O)NC1CCN2CCCC12. The quantitative estimate of drug-likeness (QED) is 0.756. The molecule has 5 nitrogen and oxygen atoms in total. The lowest BCUT2D eigenvalue weighted by atomic mass is 10.1. The topological polar surface area (TPSA) is 53.6 Å². The highest BCUT2D eigenvalue weighted by atomic mass is 16.5. The predicted octanol–water partition coefficient (Wildman–Crippen LogP) is 0.557. The summed E-state index contributed by atoms with van der Waals surface area (Å²) in [5, 5.41) is 5.99. The van der Waals surface area contributed by atoms with Crippen LogP contribution in [0.15, 0.2) is 0 Å². The number of nitrogens with one attached hydrogen (secondary N) is 2. The first kappa shape index (κ1) is 12.6. The molecular formula is C12H23N3O2.